The minimum absolute atomic E-state index is 0.249. The van der Waals surface area contributed by atoms with E-state index in [2.05, 4.69) is 5.32 Å². The van der Waals surface area contributed by atoms with Gasteiger partial charge in [0, 0.05) is 21.5 Å². The Hall–Kier alpha value is -3.73. The highest BCUT2D eigenvalue weighted by Crippen LogP contribution is 2.53. The number of thiazole rings is 1. The number of hydrogen-bond donors (Lipinski definition) is 1. The van der Waals surface area contributed by atoms with Gasteiger partial charge >= 0.3 is 4.87 Å². The van der Waals surface area contributed by atoms with Crippen LogP contribution in [0.2, 0.25) is 5.02 Å². The van der Waals surface area contributed by atoms with Gasteiger partial charge in [0.1, 0.15) is 17.6 Å². The van der Waals surface area contributed by atoms with Crippen LogP contribution in [-0.2, 0) is 20.9 Å². The van der Waals surface area contributed by atoms with Gasteiger partial charge in [-0.3, -0.25) is 23.7 Å². The Morgan fingerprint density at radius 1 is 0.923 bits per heavy atom. The van der Waals surface area contributed by atoms with Gasteiger partial charge in [0.25, 0.3) is 0 Å². The molecule has 1 N–H and O–H groups in total. The van der Waals surface area contributed by atoms with E-state index in [9.17, 15) is 23.6 Å². The van der Waals surface area contributed by atoms with Gasteiger partial charge in [-0.25, -0.2) is 9.29 Å². The first-order chi connectivity index (χ1) is 18.8. The number of para-hydroxylation sites is 1. The van der Waals surface area contributed by atoms with Crippen molar-refractivity contribution in [2.24, 2.45) is 5.92 Å². The highest BCUT2D eigenvalue weighted by atomic mass is 35.5. The molecule has 0 spiro atoms. The molecule has 2 aliphatic heterocycles. The van der Waals surface area contributed by atoms with Crippen molar-refractivity contribution in [1.29, 1.82) is 0 Å². The predicted molar refractivity (Wildman–Crippen MR) is 149 cm³/mol. The highest BCUT2D eigenvalue weighted by Gasteiger charge is 2.56. The third-order valence-electron chi connectivity index (χ3n) is 6.72. The quantitative estimate of drug-likeness (QED) is 0.331. The van der Waals surface area contributed by atoms with Crippen molar-refractivity contribution in [2.75, 3.05) is 10.2 Å². The van der Waals surface area contributed by atoms with E-state index in [-0.39, 0.29) is 17.1 Å². The number of carbonyl (C=O) groups excluding carboxylic acids is 3. The summed E-state index contributed by atoms with van der Waals surface area (Å²) < 4.78 is 14.9. The van der Waals surface area contributed by atoms with E-state index in [0.29, 0.717) is 20.6 Å². The second-order valence-electron chi connectivity index (χ2n) is 9.12. The zero-order valence-electron chi connectivity index (χ0n) is 20.0. The first kappa shape index (κ1) is 25.5. The molecular formula is C28H19ClFN3O4S2. The topological polar surface area (TPSA) is 88.5 Å². The minimum Gasteiger partial charge on any atom is -0.325 e. The molecular weight excluding hydrogens is 561 g/mol. The summed E-state index contributed by atoms with van der Waals surface area (Å²) in [4.78, 5) is 54.8. The van der Waals surface area contributed by atoms with E-state index in [1.165, 1.54) is 28.8 Å². The summed E-state index contributed by atoms with van der Waals surface area (Å²) in [6.45, 7) is -0.249. The molecule has 3 heterocycles. The van der Waals surface area contributed by atoms with Crippen LogP contribution < -0.4 is 15.1 Å². The number of benzene rings is 3. The van der Waals surface area contributed by atoms with Crippen molar-refractivity contribution in [1.82, 2.24) is 4.57 Å². The van der Waals surface area contributed by atoms with Gasteiger partial charge in [-0.05, 0) is 54.1 Å². The fourth-order valence-corrected chi connectivity index (χ4v) is 7.89. The van der Waals surface area contributed by atoms with Crippen LogP contribution in [0.15, 0.2) is 88.7 Å². The number of imide groups is 1. The van der Waals surface area contributed by atoms with E-state index in [1.807, 2.05) is 6.07 Å². The number of fused-ring (bicyclic) bond motifs is 2. The lowest BCUT2D eigenvalue weighted by molar-refractivity contribution is -0.122. The van der Waals surface area contributed by atoms with Crippen LogP contribution in [0.5, 0.6) is 0 Å². The zero-order valence-corrected chi connectivity index (χ0v) is 22.4. The number of aromatic nitrogens is 1. The van der Waals surface area contributed by atoms with E-state index < -0.39 is 40.6 Å². The molecule has 3 atom stereocenters. The number of carbonyl (C=O) groups is 3. The average molecular weight is 580 g/mol. The van der Waals surface area contributed by atoms with Crippen molar-refractivity contribution in [2.45, 2.75) is 22.7 Å². The largest absolute Gasteiger partial charge is 0.325 e. The third-order valence-corrected chi connectivity index (χ3v) is 9.58. The molecule has 3 amide bonds. The Morgan fingerprint density at radius 2 is 1.62 bits per heavy atom. The predicted octanol–water partition coefficient (Wildman–Crippen LogP) is 5.14. The Kier molecular flexibility index (Phi) is 6.62. The van der Waals surface area contributed by atoms with Crippen LogP contribution in [-0.4, -0.2) is 27.5 Å². The number of hydrogen-bond acceptors (Lipinski definition) is 6. The van der Waals surface area contributed by atoms with E-state index in [0.717, 1.165) is 33.6 Å². The summed E-state index contributed by atoms with van der Waals surface area (Å²) in [7, 11) is 0. The van der Waals surface area contributed by atoms with Crippen molar-refractivity contribution >= 4 is 63.8 Å². The summed E-state index contributed by atoms with van der Waals surface area (Å²) in [5, 5.41) is 2.93. The lowest BCUT2D eigenvalue weighted by Crippen LogP contribution is -2.33. The highest BCUT2D eigenvalue weighted by molar-refractivity contribution is 8.00. The number of halogens is 2. The molecule has 11 heteroatoms. The van der Waals surface area contributed by atoms with Gasteiger partial charge in [0.2, 0.25) is 17.7 Å². The summed E-state index contributed by atoms with van der Waals surface area (Å²) in [5.41, 5.74) is 1.59. The maximum Gasteiger partial charge on any atom is 0.308 e. The normalized spacial score (nSPS) is 20.1. The standard InChI is InChI=1S/C28H19ClFN3O4S2/c29-16-8-6-15(7-9-16)21-22-23(26(36)33(25(22)35)19-12-10-17(30)11-13-19)38-27-24(21)39-28(37)32(27)14-20(34)31-18-4-2-1-3-5-18/h1-13,21-23H,14H2,(H,31,34)/t21-,22-,23+/m0/s1. The van der Waals surface area contributed by atoms with Gasteiger partial charge in [-0.1, -0.05) is 65.0 Å². The summed E-state index contributed by atoms with van der Waals surface area (Å²) in [6, 6.07) is 21.0. The molecule has 0 aliphatic carbocycles. The van der Waals surface area contributed by atoms with Crippen LogP contribution in [0.1, 0.15) is 16.4 Å². The number of nitrogens with zero attached hydrogens (tertiary/aromatic N) is 2. The van der Waals surface area contributed by atoms with E-state index in [1.54, 1.807) is 48.5 Å². The molecule has 0 saturated carbocycles. The molecule has 4 aromatic rings. The van der Waals surface area contributed by atoms with Gasteiger partial charge in [0.05, 0.1) is 16.6 Å². The molecule has 39 heavy (non-hydrogen) atoms. The smallest absolute Gasteiger partial charge is 0.308 e. The Balaban J connectivity index is 1.42. The Labute approximate surface area is 235 Å². The van der Waals surface area contributed by atoms with Crippen molar-refractivity contribution in [3.63, 3.8) is 0 Å². The Morgan fingerprint density at radius 3 is 2.31 bits per heavy atom. The second-order valence-corrected chi connectivity index (χ2v) is 11.7. The monoisotopic (exact) mass is 579 g/mol. The fourth-order valence-electron chi connectivity index (χ4n) is 4.99. The van der Waals surface area contributed by atoms with Gasteiger partial charge < -0.3 is 5.32 Å². The van der Waals surface area contributed by atoms with Crippen LogP contribution in [0.4, 0.5) is 15.8 Å². The first-order valence-corrected chi connectivity index (χ1v) is 14.0. The lowest BCUT2D eigenvalue weighted by Gasteiger charge is -2.30. The van der Waals surface area contributed by atoms with E-state index >= 15 is 0 Å². The maximum atomic E-state index is 13.8. The molecule has 7 nitrogen and oxygen atoms in total. The number of anilines is 2. The number of rotatable bonds is 5. The Bertz CT molecular complexity index is 1660. The van der Waals surface area contributed by atoms with Crippen LogP contribution in [0.25, 0.3) is 0 Å². The molecule has 1 fully saturated rings. The van der Waals surface area contributed by atoms with Crippen molar-refractivity contribution in [3.05, 3.63) is 110 Å². The van der Waals surface area contributed by atoms with Crippen molar-refractivity contribution in [3.8, 4) is 0 Å². The molecule has 6 rings (SSSR count). The molecule has 3 aromatic carbocycles. The van der Waals surface area contributed by atoms with Gasteiger partial charge in [0.15, 0.2) is 0 Å². The van der Waals surface area contributed by atoms with Crippen LogP contribution in [0.3, 0.4) is 0 Å². The lowest BCUT2D eigenvalue weighted by atomic mass is 9.83. The van der Waals surface area contributed by atoms with Gasteiger partial charge in [-0.15, -0.1) is 0 Å². The third kappa shape index (κ3) is 4.58. The molecule has 1 aromatic heterocycles. The molecule has 2 aliphatic rings. The van der Waals surface area contributed by atoms with Crippen LogP contribution >= 0.6 is 34.7 Å². The summed E-state index contributed by atoms with van der Waals surface area (Å²) in [5.74, 6) is -3.17. The minimum atomic E-state index is -0.840. The molecule has 1 saturated heterocycles. The summed E-state index contributed by atoms with van der Waals surface area (Å²) in [6.07, 6.45) is 0. The van der Waals surface area contributed by atoms with Crippen LogP contribution in [0, 0.1) is 11.7 Å². The second kappa shape index (κ2) is 10.1. The molecule has 0 radical (unpaired) electrons. The molecule has 196 valence electrons. The molecule has 0 unspecified atom stereocenters. The number of amides is 3. The fraction of sp³-hybridized carbons (Fsp3) is 0.143. The van der Waals surface area contributed by atoms with E-state index in [4.69, 9.17) is 11.6 Å². The first-order valence-electron chi connectivity index (χ1n) is 12.0. The summed E-state index contributed by atoms with van der Waals surface area (Å²) >= 11 is 8.21. The SMILES string of the molecule is O=C(Cn1c2c(sc1=O)[C@@H](c1ccc(Cl)cc1)[C@@H]1C(=O)N(c3ccc(F)cc3)C(=O)[C@@H]1S2)Nc1ccccc1. The number of nitrogens with one attached hydrogen (secondary N) is 1. The number of thioether (sulfide) groups is 1. The van der Waals surface area contributed by atoms with Crippen molar-refractivity contribution < 1.29 is 18.8 Å². The molecule has 0 bridgehead atoms. The average Bonchev–Trinajstić information content (AvgIpc) is 3.36. The zero-order chi connectivity index (χ0) is 27.3. The van der Waals surface area contributed by atoms with Gasteiger partial charge in [-0.2, -0.15) is 0 Å². The maximum absolute atomic E-state index is 13.8.